The average Bonchev–Trinajstić information content (AvgIpc) is 2.73. The summed E-state index contributed by atoms with van der Waals surface area (Å²) in [7, 11) is 1.57. The number of hydrogen-bond donors (Lipinski definition) is 0. The molecule has 0 fully saturated rings. The van der Waals surface area contributed by atoms with Crippen molar-refractivity contribution in [1.29, 1.82) is 0 Å². The van der Waals surface area contributed by atoms with Crippen LogP contribution in [0.25, 0.3) is 0 Å². The Bertz CT molecular complexity index is 272. The summed E-state index contributed by atoms with van der Waals surface area (Å²) in [6.07, 6.45) is 1.93. The van der Waals surface area contributed by atoms with E-state index in [1.54, 1.807) is 7.11 Å². The molecule has 1 heterocycles. The number of nitrogens with zero attached hydrogens (tertiary/aromatic N) is 2. The summed E-state index contributed by atoms with van der Waals surface area (Å²) in [5, 5.41) is 3.99. The lowest BCUT2D eigenvalue weighted by Gasteiger charge is -1.98. The summed E-state index contributed by atoms with van der Waals surface area (Å²) in [6, 6.07) is 0. The van der Waals surface area contributed by atoms with Gasteiger partial charge in [-0.25, -0.2) is 0 Å². The van der Waals surface area contributed by atoms with Gasteiger partial charge in [0.25, 0.3) is 5.69 Å². The van der Waals surface area contributed by atoms with Gasteiger partial charge in [0.15, 0.2) is 5.16 Å². The molecule has 0 saturated heterocycles. The fraction of sp³-hybridized carbons (Fsp3) is 0.818. The van der Waals surface area contributed by atoms with Crippen LogP contribution in [0.2, 0.25) is 0 Å². The van der Waals surface area contributed by atoms with E-state index < -0.39 is 0 Å². The Hall–Kier alpha value is -1.06. The van der Waals surface area contributed by atoms with E-state index in [4.69, 9.17) is 9.47 Å². The van der Waals surface area contributed by atoms with Crippen LogP contribution in [0.15, 0.2) is 4.63 Å². The Labute approximate surface area is 92.1 Å². The highest BCUT2D eigenvalue weighted by molar-refractivity contribution is 5.08. The molecule has 0 saturated carbocycles. The van der Waals surface area contributed by atoms with Crippen LogP contribution in [0.1, 0.15) is 58.3 Å². The van der Waals surface area contributed by atoms with Crippen molar-refractivity contribution in [1.82, 2.24) is 5.16 Å². The van der Waals surface area contributed by atoms with Gasteiger partial charge in [-0.2, -0.15) is 0 Å². The summed E-state index contributed by atoms with van der Waals surface area (Å²) in [5.41, 5.74) is 2.03. The molecule has 0 amide bonds. The van der Waals surface area contributed by atoms with Crippen molar-refractivity contribution in [3.63, 3.8) is 0 Å². The molecule has 0 aromatic carbocycles. The van der Waals surface area contributed by atoms with Crippen molar-refractivity contribution in [3.8, 4) is 0 Å². The zero-order chi connectivity index (χ0) is 11.8. The van der Waals surface area contributed by atoms with E-state index in [1.807, 2.05) is 13.8 Å². The van der Waals surface area contributed by atoms with Crippen LogP contribution in [-0.2, 0) is 6.42 Å². The predicted octanol–water partition coefficient (Wildman–Crippen LogP) is 2.12. The normalized spacial score (nSPS) is 11.6. The molecule has 0 aliphatic carbocycles. The molecule has 1 aromatic heterocycles. The van der Waals surface area contributed by atoms with Gasteiger partial charge < -0.3 is 4.84 Å². The Balaban J connectivity index is 0.000000921. The van der Waals surface area contributed by atoms with Crippen LogP contribution in [0.4, 0.5) is 0 Å². The second-order valence-electron chi connectivity index (χ2n) is 3.11. The van der Waals surface area contributed by atoms with Crippen molar-refractivity contribution < 1.29 is 14.4 Å². The molecule has 0 radical (unpaired) electrons. The minimum atomic E-state index is 0.426. The SMILES string of the molecule is CC.CCc1c(C(C)CC)no[n+]1OC. The lowest BCUT2D eigenvalue weighted by molar-refractivity contribution is -1.02. The Morgan fingerprint density at radius 2 is 2.00 bits per heavy atom. The molecule has 0 bridgehead atoms. The summed E-state index contributed by atoms with van der Waals surface area (Å²) >= 11 is 0. The summed E-state index contributed by atoms with van der Waals surface area (Å²) < 4.78 is 5.00. The maximum absolute atomic E-state index is 5.00. The molecule has 1 unspecified atom stereocenters. The largest absolute Gasteiger partial charge is 0.305 e. The van der Waals surface area contributed by atoms with Crippen LogP contribution in [0.5, 0.6) is 0 Å². The third kappa shape index (κ3) is 3.22. The molecule has 1 atom stereocenters. The molecule has 1 aromatic rings. The van der Waals surface area contributed by atoms with Crippen LogP contribution in [-0.4, -0.2) is 12.3 Å². The van der Waals surface area contributed by atoms with Gasteiger partial charge in [-0.15, -0.1) is 0 Å². The van der Waals surface area contributed by atoms with Crippen molar-refractivity contribution in [3.05, 3.63) is 11.4 Å². The van der Waals surface area contributed by atoms with Crippen molar-refractivity contribution in [2.45, 2.75) is 53.4 Å². The molecule has 4 heteroatoms. The monoisotopic (exact) mass is 215 g/mol. The molecule has 0 N–H and O–H groups in total. The highest BCUT2D eigenvalue weighted by atomic mass is 16.8. The van der Waals surface area contributed by atoms with Gasteiger partial charge in [-0.3, -0.25) is 0 Å². The van der Waals surface area contributed by atoms with Gasteiger partial charge in [-0.1, -0.05) is 34.6 Å². The van der Waals surface area contributed by atoms with Gasteiger partial charge in [-0.05, 0) is 11.0 Å². The topological polar surface area (TPSA) is 39.1 Å². The maximum Gasteiger partial charge on any atom is 0.253 e. The van der Waals surface area contributed by atoms with E-state index >= 15 is 0 Å². The summed E-state index contributed by atoms with van der Waals surface area (Å²) in [4.78, 5) is 6.38. The molecular weight excluding hydrogens is 192 g/mol. The standard InChI is InChI=1S/C9H17N2O2.C2H6/c1-5-7(3)9-8(6-2)11(12-4)13-10-9;1-2/h7H,5-6H2,1-4H3;1-2H3/q+1;. The van der Waals surface area contributed by atoms with Crippen molar-refractivity contribution >= 4 is 0 Å². The van der Waals surface area contributed by atoms with Crippen molar-refractivity contribution in [2.24, 2.45) is 0 Å². The number of rotatable bonds is 4. The molecule has 1 rings (SSSR count). The number of aromatic nitrogens is 2. The van der Waals surface area contributed by atoms with E-state index in [0.717, 1.165) is 24.2 Å². The van der Waals surface area contributed by atoms with E-state index in [9.17, 15) is 0 Å². The Morgan fingerprint density at radius 3 is 2.40 bits per heavy atom. The second-order valence-corrected chi connectivity index (χ2v) is 3.11. The second kappa shape index (κ2) is 7.26. The lowest BCUT2D eigenvalue weighted by atomic mass is 10.0. The van der Waals surface area contributed by atoms with Gasteiger partial charge in [0.05, 0.1) is 0 Å². The smallest absolute Gasteiger partial charge is 0.253 e. The first-order valence-electron chi connectivity index (χ1n) is 5.70. The molecular formula is C11H23N2O2+. The predicted molar refractivity (Wildman–Crippen MR) is 58.6 cm³/mol. The summed E-state index contributed by atoms with van der Waals surface area (Å²) in [6.45, 7) is 10.3. The Morgan fingerprint density at radius 1 is 1.40 bits per heavy atom. The van der Waals surface area contributed by atoms with Crippen LogP contribution >= 0.6 is 0 Å². The third-order valence-corrected chi connectivity index (χ3v) is 2.31. The van der Waals surface area contributed by atoms with Gasteiger partial charge >= 0.3 is 0 Å². The minimum Gasteiger partial charge on any atom is -0.305 e. The van der Waals surface area contributed by atoms with Crippen LogP contribution < -0.4 is 9.74 Å². The molecule has 15 heavy (non-hydrogen) atoms. The van der Waals surface area contributed by atoms with Gasteiger partial charge in [0.1, 0.15) is 12.0 Å². The first-order valence-corrected chi connectivity index (χ1v) is 5.70. The molecule has 0 aliphatic rings. The highest BCUT2D eigenvalue weighted by Gasteiger charge is 2.27. The molecule has 4 nitrogen and oxygen atoms in total. The minimum absolute atomic E-state index is 0.426. The van der Waals surface area contributed by atoms with Crippen LogP contribution in [0.3, 0.4) is 0 Å². The zero-order valence-electron chi connectivity index (χ0n) is 10.7. The molecule has 0 spiro atoms. The first-order chi connectivity index (χ1) is 7.24. The summed E-state index contributed by atoms with van der Waals surface area (Å²) in [5.74, 6) is 0.426. The fourth-order valence-corrected chi connectivity index (χ4v) is 1.30. The Kier molecular flexibility index (Phi) is 6.75. The third-order valence-electron chi connectivity index (χ3n) is 2.31. The van der Waals surface area contributed by atoms with E-state index in [-0.39, 0.29) is 0 Å². The van der Waals surface area contributed by atoms with Gasteiger partial charge in [0, 0.05) is 12.3 Å². The lowest BCUT2D eigenvalue weighted by Crippen LogP contribution is -2.42. The molecule has 0 aliphatic heterocycles. The number of hydrogen-bond acceptors (Lipinski definition) is 3. The maximum atomic E-state index is 5.00. The zero-order valence-corrected chi connectivity index (χ0v) is 10.7. The quantitative estimate of drug-likeness (QED) is 0.772. The van der Waals surface area contributed by atoms with E-state index in [0.29, 0.717) is 5.92 Å². The fourth-order valence-electron chi connectivity index (χ4n) is 1.30. The highest BCUT2D eigenvalue weighted by Crippen LogP contribution is 2.18. The molecule has 88 valence electrons. The van der Waals surface area contributed by atoms with Crippen LogP contribution in [0, 0.1) is 0 Å². The van der Waals surface area contributed by atoms with E-state index in [2.05, 4.69) is 25.9 Å². The first kappa shape index (κ1) is 13.9. The van der Waals surface area contributed by atoms with Gasteiger partial charge in [0.2, 0.25) is 5.69 Å². The van der Waals surface area contributed by atoms with Crippen molar-refractivity contribution in [2.75, 3.05) is 7.11 Å². The van der Waals surface area contributed by atoms with E-state index in [1.165, 1.54) is 4.90 Å². The average molecular weight is 215 g/mol.